The molecular weight excluding hydrogens is 298 g/mol. The molecule has 0 fully saturated rings. The first-order valence-corrected chi connectivity index (χ1v) is 8.74. The van der Waals surface area contributed by atoms with Crippen LogP contribution < -0.4 is 0 Å². The van der Waals surface area contributed by atoms with E-state index in [1.807, 2.05) is 32.9 Å². The molecule has 1 heterocycles. The van der Waals surface area contributed by atoms with Gasteiger partial charge in [0.05, 0.1) is 0 Å². The molecule has 3 nitrogen and oxygen atoms in total. The third-order valence-corrected chi connectivity index (χ3v) is 4.16. The first-order chi connectivity index (χ1) is 11.4. The van der Waals surface area contributed by atoms with Crippen LogP contribution in [0.15, 0.2) is 54.6 Å². The maximum atomic E-state index is 11.8. The monoisotopic (exact) mass is 327 g/mol. The van der Waals surface area contributed by atoms with Gasteiger partial charge in [-0.05, 0) is 46.1 Å². The standard InChI is InChI=1S/C21H29NO2/c1-17(18-11-6-5-7-12-18)22-16-9-8-13-19(22)14-10-15-20(23)24-21(2,3)4/h5-8,10-13,15,17,19H,9,14,16H2,1-4H3/b15-10+/t17-,19-/m1/s1. The third-order valence-electron chi connectivity index (χ3n) is 4.16. The van der Waals surface area contributed by atoms with Gasteiger partial charge in [0.25, 0.3) is 0 Å². The summed E-state index contributed by atoms with van der Waals surface area (Å²) in [6.07, 6.45) is 9.86. The summed E-state index contributed by atoms with van der Waals surface area (Å²) in [6.45, 7) is 8.93. The van der Waals surface area contributed by atoms with Gasteiger partial charge in [0.1, 0.15) is 5.60 Å². The molecule has 24 heavy (non-hydrogen) atoms. The predicted octanol–water partition coefficient (Wildman–Crippen LogP) is 4.67. The zero-order valence-corrected chi connectivity index (χ0v) is 15.2. The summed E-state index contributed by atoms with van der Waals surface area (Å²) in [4.78, 5) is 14.3. The van der Waals surface area contributed by atoms with Crippen molar-refractivity contribution < 1.29 is 9.53 Å². The molecule has 0 saturated carbocycles. The number of benzene rings is 1. The Morgan fingerprint density at radius 1 is 1.33 bits per heavy atom. The fourth-order valence-electron chi connectivity index (χ4n) is 3.01. The molecule has 0 aliphatic carbocycles. The Kier molecular flexibility index (Phi) is 6.38. The lowest BCUT2D eigenvalue weighted by molar-refractivity contribution is -0.148. The van der Waals surface area contributed by atoms with Crippen molar-refractivity contribution in [2.75, 3.05) is 6.54 Å². The fourth-order valence-corrected chi connectivity index (χ4v) is 3.01. The average Bonchev–Trinajstić information content (AvgIpc) is 2.54. The van der Waals surface area contributed by atoms with E-state index in [1.54, 1.807) is 6.08 Å². The molecule has 0 radical (unpaired) electrons. The lowest BCUT2D eigenvalue weighted by atomic mass is 9.99. The van der Waals surface area contributed by atoms with Crippen molar-refractivity contribution in [3.8, 4) is 0 Å². The van der Waals surface area contributed by atoms with Gasteiger partial charge >= 0.3 is 5.97 Å². The number of ether oxygens (including phenoxy) is 1. The van der Waals surface area contributed by atoms with E-state index in [0.29, 0.717) is 12.1 Å². The summed E-state index contributed by atoms with van der Waals surface area (Å²) in [5, 5.41) is 0. The number of hydrogen-bond acceptors (Lipinski definition) is 3. The Labute approximate surface area is 146 Å². The second-order valence-electron chi connectivity index (χ2n) is 7.28. The van der Waals surface area contributed by atoms with Crippen molar-refractivity contribution in [1.29, 1.82) is 0 Å². The Bertz CT molecular complexity index is 584. The van der Waals surface area contributed by atoms with E-state index in [4.69, 9.17) is 4.74 Å². The topological polar surface area (TPSA) is 29.5 Å². The fraction of sp³-hybridized carbons (Fsp3) is 0.476. The Morgan fingerprint density at radius 2 is 2.04 bits per heavy atom. The first-order valence-electron chi connectivity index (χ1n) is 8.74. The van der Waals surface area contributed by atoms with E-state index in [1.165, 1.54) is 5.56 Å². The minimum Gasteiger partial charge on any atom is -0.457 e. The molecule has 130 valence electrons. The summed E-state index contributed by atoms with van der Waals surface area (Å²) in [5.41, 5.74) is 0.883. The highest BCUT2D eigenvalue weighted by Crippen LogP contribution is 2.27. The van der Waals surface area contributed by atoms with E-state index in [9.17, 15) is 4.79 Å². The molecule has 0 amide bonds. The van der Waals surface area contributed by atoms with E-state index in [0.717, 1.165) is 19.4 Å². The second kappa shape index (κ2) is 8.29. The Balaban J connectivity index is 1.98. The third kappa shape index (κ3) is 5.64. The maximum Gasteiger partial charge on any atom is 0.330 e. The minimum atomic E-state index is -0.444. The highest BCUT2D eigenvalue weighted by Gasteiger charge is 2.23. The summed E-state index contributed by atoms with van der Waals surface area (Å²) >= 11 is 0. The highest BCUT2D eigenvalue weighted by atomic mass is 16.6. The second-order valence-corrected chi connectivity index (χ2v) is 7.28. The van der Waals surface area contributed by atoms with Crippen LogP contribution in [0.4, 0.5) is 0 Å². The van der Waals surface area contributed by atoms with Gasteiger partial charge in [-0.2, -0.15) is 0 Å². The van der Waals surface area contributed by atoms with Gasteiger partial charge < -0.3 is 4.74 Å². The minimum absolute atomic E-state index is 0.273. The van der Waals surface area contributed by atoms with Gasteiger partial charge in [0.2, 0.25) is 0 Å². The molecule has 2 rings (SSSR count). The number of esters is 1. The molecule has 1 aliphatic heterocycles. The van der Waals surface area contributed by atoms with Crippen molar-refractivity contribution in [3.63, 3.8) is 0 Å². The molecule has 0 spiro atoms. The first kappa shape index (κ1) is 18.5. The van der Waals surface area contributed by atoms with Crippen molar-refractivity contribution in [1.82, 2.24) is 4.90 Å². The normalized spacial score (nSPS) is 20.2. The van der Waals surface area contributed by atoms with Gasteiger partial charge in [-0.1, -0.05) is 48.6 Å². The maximum absolute atomic E-state index is 11.8. The number of carbonyl (C=O) groups is 1. The zero-order valence-electron chi connectivity index (χ0n) is 15.2. The van der Waals surface area contributed by atoms with Crippen LogP contribution in [0.5, 0.6) is 0 Å². The summed E-state index contributed by atoms with van der Waals surface area (Å²) in [6, 6.07) is 11.2. The number of rotatable bonds is 5. The molecule has 2 atom stereocenters. The van der Waals surface area contributed by atoms with Crippen LogP contribution in [0.25, 0.3) is 0 Å². The molecule has 1 aromatic rings. The number of hydrogen-bond donors (Lipinski definition) is 0. The van der Waals surface area contributed by atoms with E-state index < -0.39 is 5.60 Å². The molecule has 1 aliphatic rings. The van der Waals surface area contributed by atoms with Crippen LogP contribution in [0.2, 0.25) is 0 Å². The smallest absolute Gasteiger partial charge is 0.330 e. The molecule has 0 bridgehead atoms. The summed E-state index contributed by atoms with van der Waals surface area (Å²) in [7, 11) is 0. The quantitative estimate of drug-likeness (QED) is 0.447. The number of carbonyl (C=O) groups excluding carboxylic acids is 1. The van der Waals surface area contributed by atoms with Crippen LogP contribution in [0.3, 0.4) is 0 Å². The summed E-state index contributed by atoms with van der Waals surface area (Å²) in [5.74, 6) is -0.273. The molecule has 0 aromatic heterocycles. The van der Waals surface area contributed by atoms with Gasteiger partial charge in [0, 0.05) is 24.7 Å². The van der Waals surface area contributed by atoms with Crippen LogP contribution in [0, 0.1) is 0 Å². The van der Waals surface area contributed by atoms with E-state index >= 15 is 0 Å². The van der Waals surface area contributed by atoms with Gasteiger partial charge in [-0.3, -0.25) is 4.90 Å². The van der Waals surface area contributed by atoms with Crippen LogP contribution in [0.1, 0.15) is 52.1 Å². The zero-order chi connectivity index (χ0) is 17.6. The number of nitrogens with zero attached hydrogens (tertiary/aromatic N) is 1. The van der Waals surface area contributed by atoms with Crippen LogP contribution >= 0.6 is 0 Å². The molecular formula is C21H29NO2. The van der Waals surface area contributed by atoms with Crippen molar-refractivity contribution >= 4 is 5.97 Å². The molecule has 0 unspecified atom stereocenters. The van der Waals surface area contributed by atoms with Gasteiger partial charge in [-0.15, -0.1) is 0 Å². The highest BCUT2D eigenvalue weighted by molar-refractivity contribution is 5.82. The van der Waals surface area contributed by atoms with Gasteiger partial charge in [-0.25, -0.2) is 4.79 Å². The lowest BCUT2D eigenvalue weighted by Crippen LogP contribution is -2.38. The van der Waals surface area contributed by atoms with E-state index in [-0.39, 0.29) is 5.97 Å². The van der Waals surface area contributed by atoms with Crippen molar-refractivity contribution in [3.05, 3.63) is 60.2 Å². The van der Waals surface area contributed by atoms with E-state index in [2.05, 4.69) is 48.2 Å². The Hall–Kier alpha value is -1.87. The average molecular weight is 327 g/mol. The predicted molar refractivity (Wildman–Crippen MR) is 98.7 cm³/mol. The molecule has 3 heteroatoms. The molecule has 0 saturated heterocycles. The summed E-state index contributed by atoms with van der Waals surface area (Å²) < 4.78 is 5.31. The molecule has 0 N–H and O–H groups in total. The van der Waals surface area contributed by atoms with Crippen molar-refractivity contribution in [2.45, 2.75) is 58.2 Å². The lowest BCUT2D eigenvalue weighted by Gasteiger charge is -2.37. The van der Waals surface area contributed by atoms with Crippen LogP contribution in [-0.2, 0) is 9.53 Å². The van der Waals surface area contributed by atoms with Crippen LogP contribution in [-0.4, -0.2) is 29.1 Å². The SMILES string of the molecule is C[C@H](c1ccccc1)N1CCC=C[C@@H]1C/C=C/C(=O)OC(C)(C)C. The Morgan fingerprint density at radius 3 is 2.71 bits per heavy atom. The van der Waals surface area contributed by atoms with Crippen molar-refractivity contribution in [2.24, 2.45) is 0 Å². The largest absolute Gasteiger partial charge is 0.457 e. The van der Waals surface area contributed by atoms with Gasteiger partial charge in [0.15, 0.2) is 0 Å². The molecule has 1 aromatic carbocycles.